The molecular formula is C22H21Cl2N3O2. The molecule has 1 aromatic heterocycles. The third-order valence-corrected chi connectivity index (χ3v) is 5.75. The first kappa shape index (κ1) is 19.8. The summed E-state index contributed by atoms with van der Waals surface area (Å²) in [5, 5.41) is 18.8. The molecule has 5 nitrogen and oxygen atoms in total. The van der Waals surface area contributed by atoms with Crippen molar-refractivity contribution in [1.29, 1.82) is 0 Å². The molecule has 4 rings (SSSR count). The first-order valence-electron chi connectivity index (χ1n) is 9.64. The van der Waals surface area contributed by atoms with Gasteiger partial charge in [-0.15, -0.1) is 0 Å². The lowest BCUT2D eigenvalue weighted by Gasteiger charge is -2.26. The molecule has 0 spiro atoms. The Bertz CT molecular complexity index is 1050. The maximum absolute atomic E-state index is 13.2. The van der Waals surface area contributed by atoms with Crippen LogP contribution in [-0.2, 0) is 0 Å². The molecule has 7 heteroatoms. The monoisotopic (exact) mass is 429 g/mol. The zero-order chi connectivity index (χ0) is 20.5. The minimum Gasteiger partial charge on any atom is -0.507 e. The van der Waals surface area contributed by atoms with Gasteiger partial charge in [0.15, 0.2) is 0 Å². The molecule has 1 aliphatic rings. The predicted octanol–water partition coefficient (Wildman–Crippen LogP) is 5.82. The Morgan fingerprint density at radius 1 is 1.10 bits per heavy atom. The number of carbonyl (C=O) groups excluding carboxylic acids is 1. The van der Waals surface area contributed by atoms with E-state index >= 15 is 0 Å². The molecule has 0 fully saturated rings. The number of carbonyl (C=O) groups is 1. The minimum atomic E-state index is -0.307. The summed E-state index contributed by atoms with van der Waals surface area (Å²) >= 11 is 12.2. The molecule has 2 heterocycles. The normalized spacial score (nSPS) is 15.8. The summed E-state index contributed by atoms with van der Waals surface area (Å²) < 4.78 is 0. The van der Waals surface area contributed by atoms with Crippen LogP contribution in [-0.4, -0.2) is 32.7 Å². The maximum Gasteiger partial charge on any atom is 0.273 e. The minimum absolute atomic E-state index is 0.0652. The van der Waals surface area contributed by atoms with E-state index in [-0.39, 0.29) is 17.7 Å². The van der Waals surface area contributed by atoms with Gasteiger partial charge in [0.25, 0.3) is 5.91 Å². The van der Waals surface area contributed by atoms with Gasteiger partial charge in [0, 0.05) is 27.7 Å². The number of phenols is 1. The number of unbranched alkanes of at least 4 members (excludes halogenated alkanes) is 2. The van der Waals surface area contributed by atoms with Crippen molar-refractivity contribution in [3.05, 3.63) is 69.3 Å². The summed E-state index contributed by atoms with van der Waals surface area (Å²) in [5.74, 6) is -0.0215. The van der Waals surface area contributed by atoms with Crippen molar-refractivity contribution in [3.63, 3.8) is 0 Å². The summed E-state index contributed by atoms with van der Waals surface area (Å²) in [6.07, 6.45) is 3.04. The number of nitrogens with one attached hydrogen (secondary N) is 1. The number of amides is 1. The van der Waals surface area contributed by atoms with Crippen molar-refractivity contribution in [1.82, 2.24) is 15.1 Å². The highest BCUT2D eigenvalue weighted by molar-refractivity contribution is 6.31. The Hall–Kier alpha value is -2.50. The van der Waals surface area contributed by atoms with E-state index in [2.05, 4.69) is 17.1 Å². The van der Waals surface area contributed by atoms with Gasteiger partial charge >= 0.3 is 0 Å². The lowest BCUT2D eigenvalue weighted by molar-refractivity contribution is 0.0740. The van der Waals surface area contributed by atoms with E-state index in [0.717, 1.165) is 30.4 Å². The van der Waals surface area contributed by atoms with Crippen LogP contribution in [0.25, 0.3) is 11.3 Å². The van der Waals surface area contributed by atoms with E-state index in [9.17, 15) is 9.90 Å². The first-order chi connectivity index (χ1) is 14.0. The molecule has 150 valence electrons. The van der Waals surface area contributed by atoms with Gasteiger partial charge in [0.1, 0.15) is 17.1 Å². The highest BCUT2D eigenvalue weighted by Gasteiger charge is 2.42. The fraction of sp³-hybridized carbons (Fsp3) is 0.273. The van der Waals surface area contributed by atoms with Crippen molar-refractivity contribution in [3.8, 4) is 17.0 Å². The van der Waals surface area contributed by atoms with E-state index in [4.69, 9.17) is 23.2 Å². The van der Waals surface area contributed by atoms with Gasteiger partial charge in [0.05, 0.1) is 6.04 Å². The number of rotatable bonds is 6. The average Bonchev–Trinajstić information content (AvgIpc) is 3.24. The van der Waals surface area contributed by atoms with E-state index < -0.39 is 0 Å². The Kier molecular flexibility index (Phi) is 5.52. The molecule has 3 aromatic rings. The number of phenolic OH excluding ortho intramolecular Hbond substituents is 1. The highest BCUT2D eigenvalue weighted by atomic mass is 35.5. The van der Waals surface area contributed by atoms with Gasteiger partial charge in [-0.25, -0.2) is 0 Å². The van der Waals surface area contributed by atoms with Crippen molar-refractivity contribution in [2.75, 3.05) is 6.54 Å². The number of nitrogens with zero attached hydrogens (tertiary/aromatic N) is 2. The molecule has 1 unspecified atom stereocenters. The Balaban J connectivity index is 1.85. The zero-order valence-electron chi connectivity index (χ0n) is 16.0. The third-order valence-electron chi connectivity index (χ3n) is 5.27. The van der Waals surface area contributed by atoms with Crippen molar-refractivity contribution in [2.45, 2.75) is 32.2 Å². The fourth-order valence-corrected chi connectivity index (χ4v) is 4.15. The Morgan fingerprint density at radius 2 is 1.83 bits per heavy atom. The SMILES string of the molecule is CCCCCN1C(=O)c2[nH]nc(-c3cc(Cl)ccc3O)c2C1c1ccc(Cl)cc1. The van der Waals surface area contributed by atoms with Gasteiger partial charge in [0.2, 0.25) is 0 Å². The number of H-pyrrole nitrogens is 1. The van der Waals surface area contributed by atoms with Crippen molar-refractivity contribution < 1.29 is 9.90 Å². The molecule has 29 heavy (non-hydrogen) atoms. The molecule has 0 radical (unpaired) electrons. The average molecular weight is 430 g/mol. The second-order valence-electron chi connectivity index (χ2n) is 7.18. The number of halogens is 2. The van der Waals surface area contributed by atoms with Crippen LogP contribution >= 0.6 is 23.2 Å². The predicted molar refractivity (Wildman–Crippen MR) is 115 cm³/mol. The van der Waals surface area contributed by atoms with Crippen LogP contribution < -0.4 is 0 Å². The number of fused-ring (bicyclic) bond motifs is 1. The molecule has 1 aliphatic heterocycles. The molecule has 1 atom stereocenters. The number of aromatic hydroxyl groups is 1. The van der Waals surface area contributed by atoms with Gasteiger partial charge in [-0.05, 0) is 42.3 Å². The van der Waals surface area contributed by atoms with Crippen LogP contribution in [0.3, 0.4) is 0 Å². The van der Waals surface area contributed by atoms with Gasteiger partial charge < -0.3 is 10.0 Å². The molecule has 0 bridgehead atoms. The molecule has 0 saturated heterocycles. The standard InChI is InChI=1S/C22H21Cl2N3O2/c1-2-3-4-11-27-21(13-5-7-14(23)8-6-13)18-19(25-26-20(18)22(27)29)16-12-15(24)9-10-17(16)28/h5-10,12,21,28H,2-4,11H2,1H3,(H,25,26). The Morgan fingerprint density at radius 3 is 2.55 bits per heavy atom. The lowest BCUT2D eigenvalue weighted by Crippen LogP contribution is -2.30. The lowest BCUT2D eigenvalue weighted by atomic mass is 9.95. The van der Waals surface area contributed by atoms with Crippen LogP contribution in [0.2, 0.25) is 10.0 Å². The molecule has 1 amide bonds. The molecule has 0 aliphatic carbocycles. The van der Waals surface area contributed by atoms with Crippen molar-refractivity contribution >= 4 is 29.1 Å². The third kappa shape index (κ3) is 3.61. The van der Waals surface area contributed by atoms with E-state index in [1.807, 2.05) is 29.2 Å². The van der Waals surface area contributed by atoms with E-state index in [0.29, 0.717) is 33.5 Å². The summed E-state index contributed by atoms with van der Waals surface area (Å²) in [6.45, 7) is 2.78. The number of hydrogen-bond acceptors (Lipinski definition) is 3. The molecular weight excluding hydrogens is 409 g/mol. The number of aromatic nitrogens is 2. The highest BCUT2D eigenvalue weighted by Crippen LogP contribution is 2.45. The van der Waals surface area contributed by atoms with Gasteiger partial charge in [-0.2, -0.15) is 5.10 Å². The largest absolute Gasteiger partial charge is 0.507 e. The maximum atomic E-state index is 13.2. The van der Waals surface area contributed by atoms with Gasteiger partial charge in [-0.3, -0.25) is 9.89 Å². The van der Waals surface area contributed by atoms with E-state index in [1.165, 1.54) is 6.07 Å². The van der Waals surface area contributed by atoms with Crippen molar-refractivity contribution in [2.24, 2.45) is 0 Å². The first-order valence-corrected chi connectivity index (χ1v) is 10.4. The second kappa shape index (κ2) is 8.09. The number of benzene rings is 2. The summed E-state index contributed by atoms with van der Waals surface area (Å²) in [5.41, 5.74) is 3.19. The molecule has 0 saturated carbocycles. The van der Waals surface area contributed by atoms with Crippen LogP contribution in [0.5, 0.6) is 5.75 Å². The van der Waals surface area contributed by atoms with Crippen LogP contribution in [0.15, 0.2) is 42.5 Å². The quantitative estimate of drug-likeness (QED) is 0.484. The van der Waals surface area contributed by atoms with Crippen LogP contribution in [0, 0.1) is 0 Å². The second-order valence-corrected chi connectivity index (χ2v) is 8.05. The summed E-state index contributed by atoms with van der Waals surface area (Å²) in [4.78, 5) is 15.0. The zero-order valence-corrected chi connectivity index (χ0v) is 17.5. The fourth-order valence-electron chi connectivity index (χ4n) is 3.85. The smallest absolute Gasteiger partial charge is 0.273 e. The topological polar surface area (TPSA) is 69.2 Å². The molecule has 2 aromatic carbocycles. The Labute approximate surface area is 179 Å². The number of aromatic amines is 1. The molecule has 2 N–H and O–H groups in total. The summed E-state index contributed by atoms with van der Waals surface area (Å²) in [7, 11) is 0. The van der Waals surface area contributed by atoms with Gasteiger partial charge in [-0.1, -0.05) is 55.1 Å². The van der Waals surface area contributed by atoms with Crippen LogP contribution in [0.4, 0.5) is 0 Å². The van der Waals surface area contributed by atoms with E-state index in [1.54, 1.807) is 12.1 Å². The number of hydrogen-bond donors (Lipinski definition) is 2. The van der Waals surface area contributed by atoms with Crippen LogP contribution in [0.1, 0.15) is 53.8 Å². The summed E-state index contributed by atoms with van der Waals surface area (Å²) in [6, 6.07) is 12.0.